The van der Waals surface area contributed by atoms with Gasteiger partial charge in [0.1, 0.15) is 0 Å². The number of nitrogens with zero attached hydrogens (tertiary/aromatic N) is 1. The fourth-order valence-corrected chi connectivity index (χ4v) is 2.27. The van der Waals surface area contributed by atoms with Gasteiger partial charge in [0.15, 0.2) is 0 Å². The van der Waals surface area contributed by atoms with Gasteiger partial charge in [-0.1, -0.05) is 13.3 Å². The smallest absolute Gasteiger partial charge is 0.409 e. The SMILES string of the molecule is CCCCOC(=O)N1CC[C@H](OS(C)(=O)=O)C1. The van der Waals surface area contributed by atoms with Crippen molar-refractivity contribution in [2.75, 3.05) is 26.0 Å². The van der Waals surface area contributed by atoms with Gasteiger partial charge in [0.2, 0.25) is 0 Å². The van der Waals surface area contributed by atoms with Crippen LogP contribution in [0.2, 0.25) is 0 Å². The van der Waals surface area contributed by atoms with E-state index in [2.05, 4.69) is 0 Å². The van der Waals surface area contributed by atoms with Gasteiger partial charge in [-0.2, -0.15) is 8.42 Å². The summed E-state index contributed by atoms with van der Waals surface area (Å²) in [4.78, 5) is 13.0. The first-order chi connectivity index (χ1) is 7.92. The average molecular weight is 265 g/mol. The molecule has 1 atom stereocenters. The minimum Gasteiger partial charge on any atom is -0.449 e. The summed E-state index contributed by atoms with van der Waals surface area (Å²) in [6, 6.07) is 0. The second kappa shape index (κ2) is 6.20. The molecule has 1 fully saturated rings. The van der Waals surface area contributed by atoms with Crippen molar-refractivity contribution in [3.63, 3.8) is 0 Å². The third-order valence-corrected chi connectivity index (χ3v) is 3.06. The van der Waals surface area contributed by atoms with Gasteiger partial charge in [0, 0.05) is 6.54 Å². The van der Waals surface area contributed by atoms with Crippen molar-refractivity contribution < 1.29 is 22.1 Å². The Morgan fingerprint density at radius 3 is 2.76 bits per heavy atom. The van der Waals surface area contributed by atoms with Crippen LogP contribution in [0, 0.1) is 0 Å². The zero-order chi connectivity index (χ0) is 12.9. The molecule has 0 aliphatic carbocycles. The van der Waals surface area contributed by atoms with Crippen LogP contribution < -0.4 is 0 Å². The highest BCUT2D eigenvalue weighted by atomic mass is 32.2. The third kappa shape index (κ3) is 5.36. The van der Waals surface area contributed by atoms with E-state index in [0.717, 1.165) is 19.1 Å². The van der Waals surface area contributed by atoms with Crippen molar-refractivity contribution in [1.82, 2.24) is 4.90 Å². The molecule has 100 valence electrons. The van der Waals surface area contributed by atoms with Gasteiger partial charge in [-0.25, -0.2) is 4.79 Å². The molecule has 17 heavy (non-hydrogen) atoms. The Labute approximate surface area is 102 Å². The lowest BCUT2D eigenvalue weighted by Crippen LogP contribution is -2.31. The van der Waals surface area contributed by atoms with Crippen molar-refractivity contribution in [2.24, 2.45) is 0 Å². The van der Waals surface area contributed by atoms with E-state index < -0.39 is 22.3 Å². The molecule has 1 aliphatic rings. The van der Waals surface area contributed by atoms with Gasteiger partial charge in [0.05, 0.1) is 25.5 Å². The Bertz CT molecular complexity index is 354. The first-order valence-corrected chi connectivity index (χ1v) is 7.54. The van der Waals surface area contributed by atoms with Crippen molar-refractivity contribution in [1.29, 1.82) is 0 Å². The third-order valence-electron chi connectivity index (χ3n) is 2.44. The first-order valence-electron chi connectivity index (χ1n) is 5.72. The number of hydrogen-bond donors (Lipinski definition) is 0. The number of unbranched alkanes of at least 4 members (excludes halogenated alkanes) is 1. The maximum atomic E-state index is 11.5. The van der Waals surface area contributed by atoms with Crippen LogP contribution in [0.15, 0.2) is 0 Å². The van der Waals surface area contributed by atoms with Crippen LogP contribution in [0.4, 0.5) is 4.79 Å². The van der Waals surface area contributed by atoms with Gasteiger partial charge >= 0.3 is 6.09 Å². The summed E-state index contributed by atoms with van der Waals surface area (Å²) >= 11 is 0. The van der Waals surface area contributed by atoms with Crippen LogP contribution in [0.25, 0.3) is 0 Å². The molecule has 1 rings (SSSR count). The molecule has 0 N–H and O–H groups in total. The molecule has 0 aromatic rings. The van der Waals surface area contributed by atoms with Crippen molar-refractivity contribution in [2.45, 2.75) is 32.3 Å². The summed E-state index contributed by atoms with van der Waals surface area (Å²) in [6.45, 7) is 3.17. The predicted octanol–water partition coefficient (Wildman–Crippen LogP) is 0.974. The average Bonchev–Trinajstić information content (AvgIpc) is 2.64. The van der Waals surface area contributed by atoms with E-state index in [1.54, 1.807) is 0 Å². The topological polar surface area (TPSA) is 72.9 Å². The molecule has 1 heterocycles. The van der Waals surface area contributed by atoms with Gasteiger partial charge in [-0.15, -0.1) is 0 Å². The standard InChI is InChI=1S/C10H19NO5S/c1-3-4-7-15-10(12)11-6-5-9(8-11)16-17(2,13)14/h9H,3-8H2,1-2H3/t9-/m0/s1. The Kier molecular flexibility index (Phi) is 5.20. The summed E-state index contributed by atoms with van der Waals surface area (Å²) in [5.74, 6) is 0. The van der Waals surface area contributed by atoms with Gasteiger partial charge in [-0.3, -0.25) is 4.18 Å². The van der Waals surface area contributed by atoms with Crippen LogP contribution in [0.1, 0.15) is 26.2 Å². The second-order valence-electron chi connectivity index (χ2n) is 4.12. The number of carbonyl (C=O) groups excluding carboxylic acids is 1. The fourth-order valence-electron chi connectivity index (χ4n) is 1.61. The van der Waals surface area contributed by atoms with E-state index in [1.165, 1.54) is 4.90 Å². The van der Waals surface area contributed by atoms with E-state index in [4.69, 9.17) is 8.92 Å². The summed E-state index contributed by atoms with van der Waals surface area (Å²) in [6.07, 6.45) is 2.50. The molecule has 1 saturated heterocycles. The normalized spacial score (nSPS) is 20.6. The fraction of sp³-hybridized carbons (Fsp3) is 0.900. The van der Waals surface area contributed by atoms with E-state index >= 15 is 0 Å². The number of carbonyl (C=O) groups is 1. The van der Waals surface area contributed by atoms with Crippen LogP contribution in [0.5, 0.6) is 0 Å². The van der Waals surface area contributed by atoms with Crippen molar-refractivity contribution >= 4 is 16.2 Å². The lowest BCUT2D eigenvalue weighted by molar-refractivity contribution is 0.104. The molecular weight excluding hydrogens is 246 g/mol. The molecule has 0 radical (unpaired) electrons. The maximum absolute atomic E-state index is 11.5. The number of ether oxygens (including phenoxy) is 1. The first kappa shape index (κ1) is 14.2. The zero-order valence-electron chi connectivity index (χ0n) is 10.2. The summed E-state index contributed by atoms with van der Waals surface area (Å²) in [5, 5.41) is 0. The molecule has 0 bridgehead atoms. The maximum Gasteiger partial charge on any atom is 0.409 e. The number of rotatable bonds is 5. The molecule has 1 aliphatic heterocycles. The van der Waals surface area contributed by atoms with Crippen molar-refractivity contribution in [3.8, 4) is 0 Å². The second-order valence-corrected chi connectivity index (χ2v) is 5.73. The molecule has 0 saturated carbocycles. The predicted molar refractivity (Wildman–Crippen MR) is 62.2 cm³/mol. The van der Waals surface area contributed by atoms with Crippen LogP contribution >= 0.6 is 0 Å². The summed E-state index contributed by atoms with van der Waals surface area (Å²) in [5.41, 5.74) is 0. The molecular formula is C10H19NO5S. The lowest BCUT2D eigenvalue weighted by atomic mass is 10.3. The highest BCUT2D eigenvalue weighted by Crippen LogP contribution is 2.15. The van der Waals surface area contributed by atoms with Gasteiger partial charge < -0.3 is 9.64 Å². The quantitative estimate of drug-likeness (QED) is 0.547. The van der Waals surface area contributed by atoms with Crippen LogP contribution in [0.3, 0.4) is 0 Å². The Hall–Kier alpha value is -0.820. The minimum atomic E-state index is -3.46. The monoisotopic (exact) mass is 265 g/mol. The lowest BCUT2D eigenvalue weighted by Gasteiger charge is -2.15. The highest BCUT2D eigenvalue weighted by Gasteiger charge is 2.29. The van der Waals surface area contributed by atoms with Gasteiger partial charge in [-0.05, 0) is 12.8 Å². The molecule has 0 unspecified atom stereocenters. The number of likely N-dealkylation sites (tertiary alicyclic amines) is 1. The Morgan fingerprint density at radius 1 is 1.47 bits per heavy atom. The molecule has 1 amide bonds. The number of amides is 1. The Balaban J connectivity index is 2.32. The van der Waals surface area contributed by atoms with E-state index in [1.807, 2.05) is 6.92 Å². The summed E-state index contributed by atoms with van der Waals surface area (Å²) < 4.78 is 31.7. The van der Waals surface area contributed by atoms with Gasteiger partial charge in [0.25, 0.3) is 10.1 Å². The zero-order valence-corrected chi connectivity index (χ0v) is 11.0. The summed E-state index contributed by atoms with van der Waals surface area (Å²) in [7, 11) is -3.46. The highest BCUT2D eigenvalue weighted by molar-refractivity contribution is 7.86. The number of hydrogen-bond acceptors (Lipinski definition) is 5. The largest absolute Gasteiger partial charge is 0.449 e. The molecule has 7 heteroatoms. The van der Waals surface area contributed by atoms with E-state index in [-0.39, 0.29) is 6.54 Å². The molecule has 0 spiro atoms. The molecule has 6 nitrogen and oxygen atoms in total. The van der Waals surface area contributed by atoms with Crippen molar-refractivity contribution in [3.05, 3.63) is 0 Å². The van der Waals surface area contributed by atoms with Crippen LogP contribution in [-0.4, -0.2) is 51.5 Å². The van der Waals surface area contributed by atoms with E-state index in [0.29, 0.717) is 19.6 Å². The minimum absolute atomic E-state index is 0.276. The molecule has 0 aromatic carbocycles. The van der Waals surface area contributed by atoms with Crippen LogP contribution in [-0.2, 0) is 19.0 Å². The molecule has 0 aromatic heterocycles. The van der Waals surface area contributed by atoms with E-state index in [9.17, 15) is 13.2 Å². The Morgan fingerprint density at radius 2 is 2.18 bits per heavy atom.